The van der Waals surface area contributed by atoms with Gasteiger partial charge in [-0.25, -0.2) is 0 Å². The molecule has 55 heavy (non-hydrogen) atoms. The van der Waals surface area contributed by atoms with E-state index in [1.165, 1.54) is 154 Å². The minimum absolute atomic E-state index is 0.128. The van der Waals surface area contributed by atoms with Crippen molar-refractivity contribution in [2.75, 3.05) is 79.3 Å². The van der Waals surface area contributed by atoms with E-state index in [9.17, 15) is 9.59 Å². The molecule has 9 nitrogen and oxygen atoms in total. The SMILES string of the molecule is CCCCCCCCCCCCCCCCCC(=O)OCCOCCOCCOCCOCCOCCOC(=O)CCCCCCCCCCCCCCC. The Bertz CT molecular complexity index is 751. The van der Waals surface area contributed by atoms with E-state index < -0.39 is 0 Å². The van der Waals surface area contributed by atoms with Crippen molar-refractivity contribution in [1.82, 2.24) is 0 Å². The molecule has 0 aliphatic heterocycles. The van der Waals surface area contributed by atoms with Crippen molar-refractivity contribution in [1.29, 1.82) is 0 Å². The van der Waals surface area contributed by atoms with Crippen LogP contribution in [-0.4, -0.2) is 91.2 Å². The number of ether oxygens (including phenoxy) is 7. The van der Waals surface area contributed by atoms with Crippen molar-refractivity contribution in [2.45, 2.75) is 206 Å². The molecule has 0 unspecified atom stereocenters. The summed E-state index contributed by atoms with van der Waals surface area (Å²) < 4.78 is 38.0. The predicted molar refractivity (Wildman–Crippen MR) is 226 cm³/mol. The van der Waals surface area contributed by atoms with Gasteiger partial charge >= 0.3 is 11.9 Å². The van der Waals surface area contributed by atoms with E-state index in [1.54, 1.807) is 0 Å². The average Bonchev–Trinajstić information content (AvgIpc) is 3.19. The molecular formula is C46H90O9. The van der Waals surface area contributed by atoms with Crippen molar-refractivity contribution in [2.24, 2.45) is 0 Å². The quantitative estimate of drug-likeness (QED) is 0.0441. The van der Waals surface area contributed by atoms with Crippen LogP contribution in [0, 0.1) is 0 Å². The minimum Gasteiger partial charge on any atom is -0.463 e. The maximum Gasteiger partial charge on any atom is 0.305 e. The zero-order valence-electron chi connectivity index (χ0n) is 36.4. The molecule has 0 aromatic carbocycles. The minimum atomic E-state index is -0.130. The molecule has 0 aromatic heterocycles. The topological polar surface area (TPSA) is 98.8 Å². The average molecular weight is 787 g/mol. The molecule has 0 atom stereocenters. The molecule has 0 fully saturated rings. The molecule has 0 spiro atoms. The van der Waals surface area contributed by atoms with E-state index in [-0.39, 0.29) is 11.9 Å². The second-order valence-electron chi connectivity index (χ2n) is 15.2. The summed E-state index contributed by atoms with van der Waals surface area (Å²) in [5.41, 5.74) is 0. The first-order valence-electron chi connectivity index (χ1n) is 23.4. The summed E-state index contributed by atoms with van der Waals surface area (Å²) in [6.07, 6.45) is 37.6. The highest BCUT2D eigenvalue weighted by molar-refractivity contribution is 5.69. The lowest BCUT2D eigenvalue weighted by Gasteiger charge is -2.09. The van der Waals surface area contributed by atoms with Crippen LogP contribution < -0.4 is 0 Å². The highest BCUT2D eigenvalue weighted by atomic mass is 16.6. The summed E-state index contributed by atoms with van der Waals surface area (Å²) in [6, 6.07) is 0. The zero-order valence-corrected chi connectivity index (χ0v) is 36.4. The molecule has 0 rings (SSSR count). The number of carbonyl (C=O) groups is 2. The van der Waals surface area contributed by atoms with Crippen LogP contribution in [0.25, 0.3) is 0 Å². The van der Waals surface area contributed by atoms with E-state index in [0.717, 1.165) is 25.7 Å². The first-order chi connectivity index (χ1) is 27.2. The summed E-state index contributed by atoms with van der Waals surface area (Å²) in [7, 11) is 0. The predicted octanol–water partition coefficient (Wildman–Crippen LogP) is 11.9. The fraction of sp³-hybridized carbons (Fsp3) is 0.957. The van der Waals surface area contributed by atoms with Gasteiger partial charge in [-0.3, -0.25) is 9.59 Å². The molecule has 0 aliphatic rings. The van der Waals surface area contributed by atoms with Crippen LogP contribution in [0.1, 0.15) is 206 Å². The third-order valence-corrected chi connectivity index (χ3v) is 9.94. The third-order valence-electron chi connectivity index (χ3n) is 9.94. The Labute approximate surface area is 339 Å². The Balaban J connectivity index is 3.19. The lowest BCUT2D eigenvalue weighted by Crippen LogP contribution is -2.15. The third kappa shape index (κ3) is 48.8. The van der Waals surface area contributed by atoms with E-state index in [1.807, 2.05) is 0 Å². The summed E-state index contributed by atoms with van der Waals surface area (Å²) in [5.74, 6) is -0.258. The molecule has 0 heterocycles. The number of carbonyl (C=O) groups excluding carboxylic acids is 2. The fourth-order valence-electron chi connectivity index (χ4n) is 6.48. The van der Waals surface area contributed by atoms with Crippen molar-refractivity contribution in [3.8, 4) is 0 Å². The molecule has 0 N–H and O–H groups in total. The lowest BCUT2D eigenvalue weighted by molar-refractivity contribution is -0.146. The van der Waals surface area contributed by atoms with Gasteiger partial charge in [0.05, 0.1) is 66.1 Å². The van der Waals surface area contributed by atoms with Gasteiger partial charge in [0.15, 0.2) is 0 Å². The number of hydrogen-bond donors (Lipinski definition) is 0. The largest absolute Gasteiger partial charge is 0.463 e. The van der Waals surface area contributed by atoms with Crippen LogP contribution in [0.2, 0.25) is 0 Å². The number of rotatable bonds is 48. The molecular weight excluding hydrogens is 696 g/mol. The van der Waals surface area contributed by atoms with Crippen molar-refractivity contribution in [3.63, 3.8) is 0 Å². The van der Waals surface area contributed by atoms with Crippen LogP contribution in [0.4, 0.5) is 0 Å². The number of esters is 2. The van der Waals surface area contributed by atoms with Gasteiger partial charge in [-0.2, -0.15) is 0 Å². The summed E-state index contributed by atoms with van der Waals surface area (Å²) in [4.78, 5) is 23.8. The molecule has 0 aliphatic carbocycles. The van der Waals surface area contributed by atoms with E-state index in [4.69, 9.17) is 33.2 Å². The molecule has 9 heteroatoms. The first kappa shape index (κ1) is 53.7. The summed E-state index contributed by atoms with van der Waals surface area (Å²) in [6.45, 7) is 9.69. The molecule has 0 radical (unpaired) electrons. The van der Waals surface area contributed by atoms with Gasteiger partial charge in [-0.1, -0.05) is 181 Å². The normalized spacial score (nSPS) is 11.4. The Morgan fingerprint density at radius 2 is 0.436 bits per heavy atom. The van der Waals surface area contributed by atoms with Gasteiger partial charge in [0.1, 0.15) is 13.2 Å². The van der Waals surface area contributed by atoms with Gasteiger partial charge < -0.3 is 33.2 Å². The Kier molecular flexibility index (Phi) is 47.8. The number of unbranched alkanes of at least 4 members (excludes halogenated alkanes) is 26. The molecule has 0 saturated carbocycles. The maximum atomic E-state index is 11.9. The van der Waals surface area contributed by atoms with Crippen LogP contribution in [-0.2, 0) is 42.7 Å². The summed E-state index contributed by atoms with van der Waals surface area (Å²) >= 11 is 0. The van der Waals surface area contributed by atoms with Crippen LogP contribution in [0.15, 0.2) is 0 Å². The molecule has 0 aromatic rings. The molecule has 0 bridgehead atoms. The molecule has 0 amide bonds. The van der Waals surface area contributed by atoms with E-state index in [0.29, 0.717) is 92.1 Å². The van der Waals surface area contributed by atoms with Crippen LogP contribution in [0.3, 0.4) is 0 Å². The number of hydrogen-bond acceptors (Lipinski definition) is 9. The summed E-state index contributed by atoms with van der Waals surface area (Å²) in [5, 5.41) is 0. The van der Waals surface area contributed by atoms with Gasteiger partial charge in [0.25, 0.3) is 0 Å². The van der Waals surface area contributed by atoms with Gasteiger partial charge in [0.2, 0.25) is 0 Å². The standard InChI is InChI=1S/C46H90O9/c1-3-5-7-9-11-13-15-17-18-20-22-24-26-28-30-32-46(48)55-44-42-53-40-38-51-36-34-49-33-35-50-37-39-52-41-43-54-45(47)31-29-27-25-23-21-19-16-14-12-10-8-6-4-2/h3-44H2,1-2H3. The molecule has 0 saturated heterocycles. The van der Waals surface area contributed by atoms with E-state index >= 15 is 0 Å². The Morgan fingerprint density at radius 1 is 0.255 bits per heavy atom. The Hall–Kier alpha value is -1.26. The van der Waals surface area contributed by atoms with Crippen molar-refractivity contribution < 1.29 is 42.7 Å². The van der Waals surface area contributed by atoms with E-state index in [2.05, 4.69) is 13.8 Å². The smallest absolute Gasteiger partial charge is 0.305 e. The van der Waals surface area contributed by atoms with Crippen LogP contribution >= 0.6 is 0 Å². The highest BCUT2D eigenvalue weighted by Gasteiger charge is 2.04. The second kappa shape index (κ2) is 48.9. The second-order valence-corrected chi connectivity index (χ2v) is 15.2. The lowest BCUT2D eigenvalue weighted by atomic mass is 10.0. The molecule has 328 valence electrons. The van der Waals surface area contributed by atoms with Crippen molar-refractivity contribution in [3.05, 3.63) is 0 Å². The Morgan fingerprint density at radius 3 is 0.655 bits per heavy atom. The van der Waals surface area contributed by atoms with Crippen molar-refractivity contribution >= 4 is 11.9 Å². The maximum absolute atomic E-state index is 11.9. The van der Waals surface area contributed by atoms with Crippen LogP contribution in [0.5, 0.6) is 0 Å². The monoisotopic (exact) mass is 787 g/mol. The van der Waals surface area contributed by atoms with Gasteiger partial charge in [-0.15, -0.1) is 0 Å². The zero-order chi connectivity index (χ0) is 39.8. The van der Waals surface area contributed by atoms with Gasteiger partial charge in [-0.05, 0) is 12.8 Å². The highest BCUT2D eigenvalue weighted by Crippen LogP contribution is 2.15. The van der Waals surface area contributed by atoms with Gasteiger partial charge in [0, 0.05) is 12.8 Å². The first-order valence-corrected chi connectivity index (χ1v) is 23.4. The fourth-order valence-corrected chi connectivity index (χ4v) is 6.48.